The zero-order valence-electron chi connectivity index (χ0n) is 15.3. The number of amides is 2. The van der Waals surface area contributed by atoms with Crippen molar-refractivity contribution in [2.75, 3.05) is 43.0 Å². The van der Waals surface area contributed by atoms with Crippen LogP contribution in [0.5, 0.6) is 0 Å². The molecular weight excluding hydrogens is 370 g/mol. The van der Waals surface area contributed by atoms with Crippen molar-refractivity contribution in [2.24, 2.45) is 0 Å². The molecule has 0 aliphatic carbocycles. The third kappa shape index (κ3) is 4.54. The van der Waals surface area contributed by atoms with Gasteiger partial charge in [0.25, 0.3) is 5.91 Å². The lowest BCUT2D eigenvalue weighted by Gasteiger charge is -2.34. The van der Waals surface area contributed by atoms with E-state index in [1.807, 2.05) is 4.90 Å². The Hall–Kier alpha value is -3.23. The monoisotopic (exact) mass is 390 g/mol. The number of anilines is 2. The Bertz CT molecular complexity index is 870. The lowest BCUT2D eigenvalue weighted by molar-refractivity contribution is 0.102. The van der Waals surface area contributed by atoms with E-state index in [-0.39, 0.29) is 11.8 Å². The molecule has 9 heteroatoms. The van der Waals surface area contributed by atoms with Gasteiger partial charge >= 0.3 is 6.09 Å². The summed E-state index contributed by atoms with van der Waals surface area (Å²) in [6, 6.07) is 6.04. The molecule has 1 aromatic carbocycles. The molecule has 0 bridgehead atoms. The Labute approximate surface area is 160 Å². The maximum Gasteiger partial charge on any atom is 0.409 e. The minimum Gasteiger partial charge on any atom is -0.450 e. The number of aromatic nitrogens is 1. The number of carbonyl (C=O) groups excluding carboxylic acids is 2. The van der Waals surface area contributed by atoms with Crippen LogP contribution in [-0.2, 0) is 4.74 Å². The van der Waals surface area contributed by atoms with Gasteiger partial charge in [-0.3, -0.25) is 4.79 Å². The van der Waals surface area contributed by atoms with E-state index in [0.29, 0.717) is 50.2 Å². The predicted octanol–water partition coefficient (Wildman–Crippen LogP) is 2.89. The van der Waals surface area contributed by atoms with Gasteiger partial charge in [0.15, 0.2) is 0 Å². The second-order valence-electron chi connectivity index (χ2n) is 6.15. The Morgan fingerprint density at radius 2 is 1.89 bits per heavy atom. The summed E-state index contributed by atoms with van der Waals surface area (Å²) in [4.78, 5) is 32.0. The van der Waals surface area contributed by atoms with Gasteiger partial charge in [0.2, 0.25) is 0 Å². The Morgan fingerprint density at radius 1 is 1.14 bits per heavy atom. The Balaban J connectivity index is 1.65. The fourth-order valence-corrected chi connectivity index (χ4v) is 2.85. The van der Waals surface area contributed by atoms with E-state index in [0.717, 1.165) is 6.07 Å². The number of hydrogen-bond donors (Lipinski definition) is 1. The van der Waals surface area contributed by atoms with Crippen LogP contribution in [0.25, 0.3) is 0 Å². The molecule has 2 amide bonds. The number of piperazine rings is 1. The van der Waals surface area contributed by atoms with E-state index in [1.165, 1.54) is 18.3 Å². The van der Waals surface area contributed by atoms with E-state index in [4.69, 9.17) is 4.74 Å². The molecule has 1 saturated heterocycles. The van der Waals surface area contributed by atoms with Gasteiger partial charge in [-0.15, -0.1) is 0 Å². The van der Waals surface area contributed by atoms with Gasteiger partial charge < -0.3 is 19.9 Å². The molecule has 0 atom stereocenters. The first kappa shape index (κ1) is 19.5. The number of carbonyl (C=O) groups is 2. The third-order valence-electron chi connectivity index (χ3n) is 4.32. The van der Waals surface area contributed by atoms with Crippen molar-refractivity contribution < 1.29 is 23.1 Å². The van der Waals surface area contributed by atoms with Crippen molar-refractivity contribution in [3.8, 4) is 0 Å². The highest BCUT2D eigenvalue weighted by molar-refractivity contribution is 6.04. The third-order valence-corrected chi connectivity index (χ3v) is 4.32. The first-order valence-corrected chi connectivity index (χ1v) is 8.87. The molecule has 7 nitrogen and oxygen atoms in total. The molecule has 1 fully saturated rings. The number of nitrogens with one attached hydrogen (secondary N) is 1. The molecule has 0 spiro atoms. The Morgan fingerprint density at radius 3 is 2.57 bits per heavy atom. The number of pyridine rings is 1. The average Bonchev–Trinajstić information content (AvgIpc) is 2.70. The van der Waals surface area contributed by atoms with E-state index in [1.54, 1.807) is 17.9 Å². The molecule has 2 aromatic rings. The Kier molecular flexibility index (Phi) is 6.03. The fraction of sp³-hybridized carbons (Fsp3) is 0.316. The second kappa shape index (κ2) is 8.64. The zero-order valence-corrected chi connectivity index (χ0v) is 15.3. The number of rotatable bonds is 4. The lowest BCUT2D eigenvalue weighted by atomic mass is 10.2. The van der Waals surface area contributed by atoms with Crippen LogP contribution in [0.15, 0.2) is 36.5 Å². The summed E-state index contributed by atoms with van der Waals surface area (Å²) in [5, 5.41) is 2.42. The van der Waals surface area contributed by atoms with Crippen LogP contribution in [0, 0.1) is 11.6 Å². The van der Waals surface area contributed by atoms with Gasteiger partial charge in [-0.2, -0.15) is 0 Å². The minimum absolute atomic E-state index is 0.104. The van der Waals surface area contributed by atoms with Crippen LogP contribution in [-0.4, -0.2) is 54.7 Å². The number of hydrogen-bond acceptors (Lipinski definition) is 5. The highest BCUT2D eigenvalue weighted by Crippen LogP contribution is 2.19. The normalized spacial score (nSPS) is 14.0. The predicted molar refractivity (Wildman–Crippen MR) is 99.4 cm³/mol. The number of ether oxygens (including phenoxy) is 1. The summed E-state index contributed by atoms with van der Waals surface area (Å²) in [5.41, 5.74) is 0.189. The van der Waals surface area contributed by atoms with Gasteiger partial charge in [-0.05, 0) is 31.2 Å². The summed E-state index contributed by atoms with van der Waals surface area (Å²) in [7, 11) is 0. The van der Waals surface area contributed by atoms with E-state index < -0.39 is 17.5 Å². The first-order chi connectivity index (χ1) is 13.5. The van der Waals surface area contributed by atoms with Gasteiger partial charge in [0, 0.05) is 44.0 Å². The standard InChI is InChI=1S/C19H20F2N4O3/c1-2-28-19(27)25-9-7-24(8-10-25)17-11-13(5-6-22-17)18(26)23-16-4-3-14(20)12-15(16)21/h3-6,11-12H,2,7-10H2,1H3,(H,23,26). The summed E-state index contributed by atoms with van der Waals surface area (Å²) in [5.74, 6) is -1.52. The number of benzene rings is 1. The summed E-state index contributed by atoms with van der Waals surface area (Å²) >= 11 is 0. The number of halogens is 2. The van der Waals surface area contributed by atoms with Crippen molar-refractivity contribution in [1.29, 1.82) is 0 Å². The molecule has 1 aliphatic rings. The first-order valence-electron chi connectivity index (χ1n) is 8.87. The van der Waals surface area contributed by atoms with Crippen LogP contribution in [0.1, 0.15) is 17.3 Å². The van der Waals surface area contributed by atoms with E-state index in [9.17, 15) is 18.4 Å². The molecule has 2 heterocycles. The molecule has 28 heavy (non-hydrogen) atoms. The van der Waals surface area contributed by atoms with Gasteiger partial charge in [0.05, 0.1) is 12.3 Å². The molecule has 3 rings (SSSR count). The smallest absolute Gasteiger partial charge is 0.409 e. The van der Waals surface area contributed by atoms with Gasteiger partial charge in [-0.1, -0.05) is 0 Å². The highest BCUT2D eigenvalue weighted by atomic mass is 19.1. The summed E-state index contributed by atoms with van der Waals surface area (Å²) < 4.78 is 31.7. The van der Waals surface area contributed by atoms with Gasteiger partial charge in [0.1, 0.15) is 17.5 Å². The topological polar surface area (TPSA) is 74.8 Å². The molecule has 148 valence electrons. The quantitative estimate of drug-likeness (QED) is 0.869. The van der Waals surface area contributed by atoms with Crippen molar-refractivity contribution in [3.63, 3.8) is 0 Å². The lowest BCUT2D eigenvalue weighted by Crippen LogP contribution is -2.49. The maximum atomic E-state index is 13.7. The SMILES string of the molecule is CCOC(=O)N1CCN(c2cc(C(=O)Nc3ccc(F)cc3F)ccn2)CC1. The van der Waals surface area contributed by atoms with E-state index >= 15 is 0 Å². The molecule has 0 saturated carbocycles. The highest BCUT2D eigenvalue weighted by Gasteiger charge is 2.23. The van der Waals surface area contributed by atoms with Crippen molar-refractivity contribution in [2.45, 2.75) is 6.92 Å². The fourth-order valence-electron chi connectivity index (χ4n) is 2.85. The maximum absolute atomic E-state index is 13.7. The summed E-state index contributed by atoms with van der Waals surface area (Å²) in [6.07, 6.45) is 1.15. The average molecular weight is 390 g/mol. The zero-order chi connectivity index (χ0) is 20.1. The molecule has 1 N–H and O–H groups in total. The van der Waals surface area contributed by atoms with Crippen LogP contribution < -0.4 is 10.2 Å². The second-order valence-corrected chi connectivity index (χ2v) is 6.15. The van der Waals surface area contributed by atoms with Crippen molar-refractivity contribution >= 4 is 23.5 Å². The molecule has 0 unspecified atom stereocenters. The molecule has 1 aromatic heterocycles. The minimum atomic E-state index is -0.849. The number of nitrogens with zero attached hydrogens (tertiary/aromatic N) is 3. The molecule has 0 radical (unpaired) electrons. The van der Waals surface area contributed by atoms with Crippen molar-refractivity contribution in [1.82, 2.24) is 9.88 Å². The van der Waals surface area contributed by atoms with Crippen LogP contribution in [0.4, 0.5) is 25.1 Å². The van der Waals surface area contributed by atoms with E-state index in [2.05, 4.69) is 10.3 Å². The van der Waals surface area contributed by atoms with Crippen molar-refractivity contribution in [3.05, 3.63) is 53.7 Å². The van der Waals surface area contributed by atoms with Crippen LogP contribution >= 0.6 is 0 Å². The van der Waals surface area contributed by atoms with Crippen LogP contribution in [0.3, 0.4) is 0 Å². The largest absolute Gasteiger partial charge is 0.450 e. The summed E-state index contributed by atoms with van der Waals surface area (Å²) in [6.45, 7) is 4.14. The van der Waals surface area contributed by atoms with Crippen LogP contribution in [0.2, 0.25) is 0 Å². The molecular formula is C19H20F2N4O3. The van der Waals surface area contributed by atoms with Gasteiger partial charge in [-0.25, -0.2) is 18.6 Å². The molecule has 1 aliphatic heterocycles.